The Labute approximate surface area is 207 Å². The number of pyridine rings is 2. The lowest BCUT2D eigenvalue weighted by atomic mass is 10.0. The van der Waals surface area contributed by atoms with E-state index in [4.69, 9.17) is 21.1 Å². The first-order chi connectivity index (χ1) is 17.2. The number of methoxy groups -OCH3 is 1. The Morgan fingerprint density at radius 1 is 1.19 bits per heavy atom. The molecule has 0 fully saturated rings. The Hall–Kier alpha value is -3.99. The van der Waals surface area contributed by atoms with Gasteiger partial charge in [-0.3, -0.25) is 9.78 Å². The second-order valence-corrected chi connectivity index (χ2v) is 8.37. The third kappa shape index (κ3) is 4.49. The van der Waals surface area contributed by atoms with Gasteiger partial charge in [-0.2, -0.15) is 13.2 Å². The number of halogens is 4. The monoisotopic (exact) mass is 517 g/mol. The Morgan fingerprint density at radius 2 is 2.03 bits per heavy atom. The van der Waals surface area contributed by atoms with E-state index in [1.165, 1.54) is 19.2 Å². The van der Waals surface area contributed by atoms with E-state index in [2.05, 4.69) is 25.6 Å². The first-order valence-corrected chi connectivity index (χ1v) is 11.2. The summed E-state index contributed by atoms with van der Waals surface area (Å²) in [4.78, 5) is 24.8. The van der Waals surface area contributed by atoms with Gasteiger partial charge in [0.05, 0.1) is 40.3 Å². The number of aromatic nitrogens is 3. The number of nitrogens with one attached hydrogen (secondary N) is 3. The largest absolute Gasteiger partial charge is 0.493 e. The number of hydrogen-bond acceptors (Lipinski definition) is 6. The molecule has 36 heavy (non-hydrogen) atoms. The molecule has 5 rings (SSSR count). The van der Waals surface area contributed by atoms with Crippen LogP contribution < -0.4 is 20.1 Å². The van der Waals surface area contributed by atoms with Crippen LogP contribution in [0.5, 0.6) is 11.6 Å². The fourth-order valence-corrected chi connectivity index (χ4v) is 4.35. The highest BCUT2D eigenvalue weighted by atomic mass is 35.5. The van der Waals surface area contributed by atoms with Crippen LogP contribution in [0.3, 0.4) is 0 Å². The summed E-state index contributed by atoms with van der Waals surface area (Å²) in [5.41, 5.74) is 3.84. The maximum Gasteiger partial charge on any atom is 0.422 e. The van der Waals surface area contributed by atoms with Crippen LogP contribution in [-0.4, -0.2) is 47.3 Å². The van der Waals surface area contributed by atoms with Crippen molar-refractivity contribution in [3.05, 3.63) is 58.9 Å². The zero-order valence-electron chi connectivity index (χ0n) is 18.8. The molecule has 8 nitrogen and oxygen atoms in total. The summed E-state index contributed by atoms with van der Waals surface area (Å²) in [7, 11) is 1.48. The lowest BCUT2D eigenvalue weighted by Gasteiger charge is -2.17. The van der Waals surface area contributed by atoms with Crippen molar-refractivity contribution < 1.29 is 27.4 Å². The molecule has 0 saturated heterocycles. The number of ether oxygens (including phenoxy) is 2. The van der Waals surface area contributed by atoms with Gasteiger partial charge < -0.3 is 25.1 Å². The summed E-state index contributed by atoms with van der Waals surface area (Å²) in [6, 6.07) is 9.68. The number of aromatic amines is 1. The average molecular weight is 518 g/mol. The number of amides is 1. The Morgan fingerprint density at radius 3 is 2.81 bits per heavy atom. The molecule has 1 aromatic carbocycles. The number of carbonyl (C=O) groups is 1. The maximum atomic E-state index is 12.9. The smallest absolute Gasteiger partial charge is 0.422 e. The van der Waals surface area contributed by atoms with Crippen molar-refractivity contribution in [2.24, 2.45) is 0 Å². The van der Waals surface area contributed by atoms with Gasteiger partial charge in [0.2, 0.25) is 5.88 Å². The van der Waals surface area contributed by atoms with E-state index in [9.17, 15) is 18.0 Å². The van der Waals surface area contributed by atoms with Gasteiger partial charge in [-0.05, 0) is 24.3 Å². The molecule has 0 spiro atoms. The van der Waals surface area contributed by atoms with Crippen molar-refractivity contribution in [2.45, 2.75) is 12.6 Å². The molecule has 0 unspecified atom stereocenters. The van der Waals surface area contributed by atoms with E-state index in [1.54, 1.807) is 30.5 Å². The topological polar surface area (TPSA) is 101 Å². The Kier molecular flexibility index (Phi) is 6.09. The van der Waals surface area contributed by atoms with E-state index in [-0.39, 0.29) is 11.8 Å². The van der Waals surface area contributed by atoms with Crippen LogP contribution in [0, 0.1) is 0 Å². The molecule has 4 aromatic rings. The normalized spacial score (nSPS) is 13.3. The third-order valence-corrected chi connectivity index (χ3v) is 5.91. The fourth-order valence-electron chi connectivity index (χ4n) is 4.10. The molecule has 12 heteroatoms. The Bertz CT molecular complexity index is 1470. The van der Waals surface area contributed by atoms with Crippen LogP contribution in [0.2, 0.25) is 5.02 Å². The van der Waals surface area contributed by atoms with E-state index in [0.29, 0.717) is 68.7 Å². The minimum atomic E-state index is -4.51. The highest BCUT2D eigenvalue weighted by molar-refractivity contribution is 6.32. The molecular formula is C24H19ClF3N5O3. The SMILES string of the molecule is COc1c(Cl)cccc1Nc1c(-c2ccnc3ccc(OCC(F)(F)F)nc23)[nH]c2c1C(=O)NCC2. The number of hydrogen-bond donors (Lipinski definition) is 3. The number of rotatable bonds is 6. The zero-order chi connectivity index (χ0) is 25.4. The lowest BCUT2D eigenvalue weighted by molar-refractivity contribution is -0.154. The standard InChI is InChI=1S/C24H19ClF3N5O3/c1-35-22-13(25)3-2-4-16(22)32-21-18-14(8-10-30-23(18)34)31-20(21)12-7-9-29-15-5-6-17(33-19(12)15)36-11-24(26,27)28/h2-7,9,31-32H,8,10-11H2,1H3,(H,30,34). The molecule has 4 heterocycles. The Balaban J connectivity index is 1.67. The number of alkyl halides is 3. The highest BCUT2D eigenvalue weighted by Gasteiger charge is 2.30. The van der Waals surface area contributed by atoms with Gasteiger partial charge in [0.1, 0.15) is 5.52 Å². The number of nitrogens with zero attached hydrogens (tertiary/aromatic N) is 2. The van der Waals surface area contributed by atoms with Crippen LogP contribution >= 0.6 is 11.6 Å². The molecule has 1 amide bonds. The van der Waals surface area contributed by atoms with Crippen LogP contribution in [0.25, 0.3) is 22.3 Å². The lowest BCUT2D eigenvalue weighted by Crippen LogP contribution is -2.31. The number of H-pyrrole nitrogens is 1. The molecule has 0 bridgehead atoms. The van der Waals surface area contributed by atoms with Gasteiger partial charge in [-0.25, -0.2) is 4.98 Å². The van der Waals surface area contributed by atoms with Crippen molar-refractivity contribution in [2.75, 3.05) is 25.6 Å². The molecular weight excluding hydrogens is 499 g/mol. The van der Waals surface area contributed by atoms with Crippen molar-refractivity contribution >= 4 is 39.9 Å². The number of fused-ring (bicyclic) bond motifs is 2. The van der Waals surface area contributed by atoms with Crippen molar-refractivity contribution in [1.29, 1.82) is 0 Å². The minimum absolute atomic E-state index is 0.200. The highest BCUT2D eigenvalue weighted by Crippen LogP contribution is 2.42. The number of benzene rings is 1. The molecule has 0 radical (unpaired) electrons. The summed E-state index contributed by atoms with van der Waals surface area (Å²) >= 11 is 6.29. The minimum Gasteiger partial charge on any atom is -0.493 e. The molecule has 0 atom stereocenters. The van der Waals surface area contributed by atoms with Crippen molar-refractivity contribution in [3.8, 4) is 22.9 Å². The fraction of sp³-hybridized carbons (Fsp3) is 0.208. The van der Waals surface area contributed by atoms with Crippen molar-refractivity contribution in [3.63, 3.8) is 0 Å². The second-order valence-electron chi connectivity index (χ2n) is 7.96. The van der Waals surface area contributed by atoms with Crippen molar-refractivity contribution in [1.82, 2.24) is 20.3 Å². The molecule has 1 aliphatic heterocycles. The summed E-state index contributed by atoms with van der Waals surface area (Å²) < 4.78 is 48.3. The van der Waals surface area contributed by atoms with E-state index in [0.717, 1.165) is 0 Å². The first-order valence-electron chi connectivity index (χ1n) is 10.8. The zero-order valence-corrected chi connectivity index (χ0v) is 19.5. The van der Waals surface area contributed by atoms with E-state index in [1.807, 2.05) is 0 Å². The number of para-hydroxylation sites is 1. The summed E-state index contributed by atoms with van der Waals surface area (Å²) in [5, 5.41) is 6.48. The van der Waals surface area contributed by atoms with Gasteiger partial charge >= 0.3 is 6.18 Å². The van der Waals surface area contributed by atoms with E-state index < -0.39 is 12.8 Å². The summed E-state index contributed by atoms with van der Waals surface area (Å²) in [6.45, 7) is -1.02. The predicted octanol–water partition coefficient (Wildman–Crippen LogP) is 5.26. The van der Waals surface area contributed by atoms with Crippen LogP contribution in [-0.2, 0) is 6.42 Å². The van der Waals surface area contributed by atoms with Gasteiger partial charge in [0, 0.05) is 36.5 Å². The predicted molar refractivity (Wildman–Crippen MR) is 128 cm³/mol. The number of carbonyl (C=O) groups excluding carboxylic acids is 1. The third-order valence-electron chi connectivity index (χ3n) is 5.61. The second kappa shape index (κ2) is 9.23. The maximum absolute atomic E-state index is 12.9. The van der Waals surface area contributed by atoms with Crippen LogP contribution in [0.4, 0.5) is 24.5 Å². The van der Waals surface area contributed by atoms with Crippen LogP contribution in [0.1, 0.15) is 16.1 Å². The molecule has 0 aliphatic carbocycles. The van der Waals surface area contributed by atoms with Gasteiger partial charge in [0.15, 0.2) is 12.4 Å². The average Bonchev–Trinajstić information content (AvgIpc) is 3.21. The van der Waals surface area contributed by atoms with Gasteiger partial charge in [-0.15, -0.1) is 0 Å². The molecule has 1 aliphatic rings. The van der Waals surface area contributed by atoms with Gasteiger partial charge in [-0.1, -0.05) is 17.7 Å². The quantitative estimate of drug-likeness (QED) is 0.323. The molecule has 3 aromatic heterocycles. The van der Waals surface area contributed by atoms with Gasteiger partial charge in [0.25, 0.3) is 5.91 Å². The molecule has 3 N–H and O–H groups in total. The molecule has 186 valence electrons. The summed E-state index contributed by atoms with van der Waals surface area (Å²) in [5.74, 6) is -0.0891. The molecule has 0 saturated carbocycles. The number of anilines is 2. The van der Waals surface area contributed by atoms with Crippen LogP contribution in [0.15, 0.2) is 42.6 Å². The summed E-state index contributed by atoms with van der Waals surface area (Å²) in [6.07, 6.45) is -2.40. The van der Waals surface area contributed by atoms with E-state index >= 15 is 0 Å². The first kappa shape index (κ1) is 23.7.